The van der Waals surface area contributed by atoms with Crippen molar-refractivity contribution in [2.24, 2.45) is 0 Å². The lowest BCUT2D eigenvalue weighted by Gasteiger charge is -2.09. The molecule has 1 rings (SSSR count). The van der Waals surface area contributed by atoms with Crippen molar-refractivity contribution in [1.82, 2.24) is 0 Å². The quantitative estimate of drug-likeness (QED) is 0.766. The minimum absolute atomic E-state index is 0.0379. The predicted octanol–water partition coefficient (Wildman–Crippen LogP) is 1.11. The molecule has 0 aliphatic heterocycles. The van der Waals surface area contributed by atoms with Gasteiger partial charge in [0.05, 0.1) is 20.8 Å². The Balaban J connectivity index is 3.32. The molecular weight excluding hydrogens is 203 g/mol. The number of ether oxygens (including phenoxy) is 2. The van der Waals surface area contributed by atoms with E-state index >= 15 is 0 Å². The lowest BCUT2D eigenvalue weighted by molar-refractivity contribution is 0.0596. The predicted molar refractivity (Wildman–Crippen MR) is 50.2 cm³/mol. The number of benzene rings is 1. The minimum Gasteiger partial charge on any atom is -0.493 e. The monoisotopic (exact) mass is 214 g/mol. The number of esters is 1. The van der Waals surface area contributed by atoms with E-state index in [1.807, 2.05) is 0 Å². The summed E-state index contributed by atoms with van der Waals surface area (Å²) in [6.45, 7) is -0.356. The average Bonchev–Trinajstić information content (AvgIpc) is 2.26. The molecule has 5 heteroatoms. The number of carbonyl (C=O) groups excluding carboxylic acids is 1. The molecule has 1 aromatic rings. The molecule has 0 radical (unpaired) electrons. The van der Waals surface area contributed by atoms with Crippen molar-refractivity contribution in [2.75, 3.05) is 14.2 Å². The van der Waals surface area contributed by atoms with Gasteiger partial charge in [-0.3, -0.25) is 0 Å². The van der Waals surface area contributed by atoms with E-state index in [1.165, 1.54) is 20.3 Å². The molecule has 0 saturated heterocycles. The van der Waals surface area contributed by atoms with Gasteiger partial charge in [-0.1, -0.05) is 0 Å². The van der Waals surface area contributed by atoms with Gasteiger partial charge in [0.25, 0.3) is 0 Å². The summed E-state index contributed by atoms with van der Waals surface area (Å²) in [6.07, 6.45) is 0. The minimum atomic E-state index is -0.707. The van der Waals surface area contributed by atoms with Crippen LogP contribution in [-0.2, 0) is 11.3 Å². The third-order valence-corrected chi connectivity index (χ3v) is 1.90. The molecule has 4 nitrogen and oxygen atoms in total. The zero-order chi connectivity index (χ0) is 11.4. The van der Waals surface area contributed by atoms with Crippen LogP contribution in [0.1, 0.15) is 15.9 Å². The van der Waals surface area contributed by atoms with Crippen LogP contribution in [0.5, 0.6) is 5.75 Å². The molecule has 15 heavy (non-hydrogen) atoms. The van der Waals surface area contributed by atoms with Gasteiger partial charge in [0.1, 0.15) is 5.56 Å². The largest absolute Gasteiger partial charge is 0.493 e. The highest BCUT2D eigenvalue weighted by atomic mass is 19.1. The number of aliphatic hydroxyl groups is 1. The number of methoxy groups -OCH3 is 2. The topological polar surface area (TPSA) is 55.8 Å². The first-order valence-electron chi connectivity index (χ1n) is 4.19. The Morgan fingerprint density at radius 2 is 2.13 bits per heavy atom. The van der Waals surface area contributed by atoms with Gasteiger partial charge in [-0.2, -0.15) is 0 Å². The number of rotatable bonds is 3. The maximum atomic E-state index is 13.4. The highest BCUT2D eigenvalue weighted by molar-refractivity contribution is 5.92. The Hall–Kier alpha value is -1.62. The van der Waals surface area contributed by atoms with E-state index in [4.69, 9.17) is 9.84 Å². The Kier molecular flexibility index (Phi) is 3.62. The summed E-state index contributed by atoms with van der Waals surface area (Å²) in [7, 11) is 2.44. The molecule has 82 valence electrons. The van der Waals surface area contributed by atoms with Crippen LogP contribution in [0.4, 0.5) is 4.39 Å². The van der Waals surface area contributed by atoms with Gasteiger partial charge in [-0.05, 0) is 17.7 Å². The van der Waals surface area contributed by atoms with Gasteiger partial charge in [-0.25, -0.2) is 9.18 Å². The fraction of sp³-hybridized carbons (Fsp3) is 0.300. The molecule has 0 atom stereocenters. The SMILES string of the molecule is COC(=O)c1cc(CO)cc(F)c1OC. The summed E-state index contributed by atoms with van der Waals surface area (Å²) in [5, 5.41) is 8.84. The van der Waals surface area contributed by atoms with E-state index in [0.717, 1.165) is 6.07 Å². The molecule has 0 fully saturated rings. The van der Waals surface area contributed by atoms with Crippen molar-refractivity contribution in [3.8, 4) is 5.75 Å². The van der Waals surface area contributed by atoms with Crippen molar-refractivity contribution < 1.29 is 23.8 Å². The van der Waals surface area contributed by atoms with E-state index in [0.29, 0.717) is 0 Å². The summed E-state index contributed by atoms with van der Waals surface area (Å²) in [6, 6.07) is 2.43. The zero-order valence-corrected chi connectivity index (χ0v) is 8.41. The van der Waals surface area contributed by atoms with E-state index in [1.54, 1.807) is 0 Å². The molecule has 0 aromatic heterocycles. The third kappa shape index (κ3) is 2.24. The van der Waals surface area contributed by atoms with Crippen molar-refractivity contribution in [3.63, 3.8) is 0 Å². The maximum absolute atomic E-state index is 13.4. The number of hydrogen-bond acceptors (Lipinski definition) is 4. The first-order chi connectivity index (χ1) is 7.13. The smallest absolute Gasteiger partial charge is 0.341 e. The second-order valence-corrected chi connectivity index (χ2v) is 2.81. The van der Waals surface area contributed by atoms with Gasteiger partial charge in [0.15, 0.2) is 11.6 Å². The van der Waals surface area contributed by atoms with Gasteiger partial charge < -0.3 is 14.6 Å². The van der Waals surface area contributed by atoms with Gasteiger partial charge in [0, 0.05) is 0 Å². The number of hydrogen-bond donors (Lipinski definition) is 1. The van der Waals surface area contributed by atoms with Gasteiger partial charge in [0.2, 0.25) is 0 Å². The van der Waals surface area contributed by atoms with Crippen molar-refractivity contribution in [1.29, 1.82) is 0 Å². The Morgan fingerprint density at radius 1 is 1.47 bits per heavy atom. The van der Waals surface area contributed by atoms with E-state index in [-0.39, 0.29) is 23.5 Å². The van der Waals surface area contributed by atoms with Crippen LogP contribution in [-0.4, -0.2) is 25.3 Å². The summed E-state index contributed by atoms with van der Waals surface area (Å²) in [5.41, 5.74) is 0.248. The number of halogens is 1. The molecule has 0 saturated carbocycles. The summed E-state index contributed by atoms with van der Waals surface area (Å²) >= 11 is 0. The lowest BCUT2D eigenvalue weighted by atomic mass is 10.1. The summed E-state index contributed by atoms with van der Waals surface area (Å²) in [4.78, 5) is 11.3. The van der Waals surface area contributed by atoms with Crippen LogP contribution in [0.3, 0.4) is 0 Å². The Morgan fingerprint density at radius 3 is 2.60 bits per heavy atom. The van der Waals surface area contributed by atoms with E-state index < -0.39 is 11.8 Å². The van der Waals surface area contributed by atoms with Crippen molar-refractivity contribution in [2.45, 2.75) is 6.61 Å². The molecule has 0 spiro atoms. The molecule has 1 aromatic carbocycles. The van der Waals surface area contributed by atoms with Crippen LogP contribution in [0.25, 0.3) is 0 Å². The molecule has 0 heterocycles. The normalized spacial score (nSPS) is 9.87. The standard InChI is InChI=1S/C10H11FO4/c1-14-9-7(10(13)15-2)3-6(5-12)4-8(9)11/h3-4,12H,5H2,1-2H3. The summed E-state index contributed by atoms with van der Waals surface area (Å²) in [5.74, 6) is -1.59. The number of carbonyl (C=O) groups is 1. The third-order valence-electron chi connectivity index (χ3n) is 1.90. The maximum Gasteiger partial charge on any atom is 0.341 e. The van der Waals surface area contributed by atoms with Gasteiger partial charge >= 0.3 is 5.97 Å². The Bertz CT molecular complexity index is 376. The number of aliphatic hydroxyl groups excluding tert-OH is 1. The van der Waals surface area contributed by atoms with Crippen LogP contribution >= 0.6 is 0 Å². The molecule has 0 bridgehead atoms. The van der Waals surface area contributed by atoms with E-state index in [2.05, 4.69) is 4.74 Å². The van der Waals surface area contributed by atoms with Crippen LogP contribution in [0, 0.1) is 5.82 Å². The van der Waals surface area contributed by atoms with Crippen LogP contribution in [0.2, 0.25) is 0 Å². The second kappa shape index (κ2) is 4.75. The first-order valence-corrected chi connectivity index (χ1v) is 4.19. The molecule has 0 aliphatic rings. The van der Waals surface area contributed by atoms with E-state index in [9.17, 15) is 9.18 Å². The van der Waals surface area contributed by atoms with Gasteiger partial charge in [-0.15, -0.1) is 0 Å². The van der Waals surface area contributed by atoms with Crippen LogP contribution in [0.15, 0.2) is 12.1 Å². The van der Waals surface area contributed by atoms with Crippen molar-refractivity contribution in [3.05, 3.63) is 29.1 Å². The van der Waals surface area contributed by atoms with Crippen molar-refractivity contribution >= 4 is 5.97 Å². The highest BCUT2D eigenvalue weighted by Crippen LogP contribution is 2.25. The van der Waals surface area contributed by atoms with Crippen LogP contribution < -0.4 is 4.74 Å². The first kappa shape index (κ1) is 11.5. The fourth-order valence-corrected chi connectivity index (χ4v) is 1.21. The molecular formula is C10H11FO4. The molecule has 0 amide bonds. The average molecular weight is 214 g/mol. The fourth-order valence-electron chi connectivity index (χ4n) is 1.21. The highest BCUT2D eigenvalue weighted by Gasteiger charge is 2.18. The molecule has 0 unspecified atom stereocenters. The molecule has 0 aliphatic carbocycles. The molecule has 1 N–H and O–H groups in total. The lowest BCUT2D eigenvalue weighted by Crippen LogP contribution is -2.07. The summed E-state index contributed by atoms with van der Waals surface area (Å²) < 4.78 is 22.6. The Labute approximate surface area is 86.2 Å². The second-order valence-electron chi connectivity index (χ2n) is 2.81. The zero-order valence-electron chi connectivity index (χ0n) is 8.41.